The van der Waals surface area contributed by atoms with Crippen molar-refractivity contribution in [1.29, 1.82) is 0 Å². The van der Waals surface area contributed by atoms with E-state index in [0.29, 0.717) is 6.42 Å². The summed E-state index contributed by atoms with van der Waals surface area (Å²) < 4.78 is 0. The van der Waals surface area contributed by atoms with Crippen LogP contribution in [0.4, 0.5) is 0 Å². The largest absolute Gasteiger partial charge is 0.333 e. The van der Waals surface area contributed by atoms with Gasteiger partial charge in [-0.05, 0) is 6.20 Å². The smallest absolute Gasteiger partial charge is 0.223 e. The quantitative estimate of drug-likeness (QED) is 0.541. The summed E-state index contributed by atoms with van der Waals surface area (Å²) in [7, 11) is 0. The third-order valence-corrected chi connectivity index (χ3v) is 0.584. The molecule has 0 aliphatic heterocycles. The van der Waals surface area contributed by atoms with Gasteiger partial charge >= 0.3 is 0 Å². The van der Waals surface area contributed by atoms with Gasteiger partial charge in [0.1, 0.15) is 0 Å². The number of carbonyl (C=O) groups excluding carboxylic acids is 1. The first kappa shape index (κ1) is 6.21. The van der Waals surface area contributed by atoms with Crippen LogP contribution in [0.3, 0.4) is 0 Å². The molecule has 0 bridgehead atoms. The predicted molar refractivity (Wildman–Crippen MR) is 28.6 cm³/mol. The minimum atomic E-state index is 0.00926. The lowest BCUT2D eigenvalue weighted by atomic mass is 10.5. The zero-order chi connectivity index (χ0) is 5.70. The number of hydrogen-bond acceptors (Lipinski definition) is 1. The molecule has 0 aromatic heterocycles. The molecule has 0 unspecified atom stereocenters. The maximum absolute atomic E-state index is 10.2. The van der Waals surface area contributed by atoms with Gasteiger partial charge < -0.3 is 5.32 Å². The van der Waals surface area contributed by atoms with Crippen LogP contribution in [0.25, 0.3) is 0 Å². The number of amides is 1. The summed E-state index contributed by atoms with van der Waals surface area (Å²) in [6.45, 7) is 5.11. The molecule has 0 heterocycles. The minimum absolute atomic E-state index is 0.00926. The number of carbonyl (C=O) groups is 1. The average Bonchev–Trinajstić information content (AvgIpc) is 1.68. The lowest BCUT2D eigenvalue weighted by Crippen LogP contribution is -2.13. The Bertz CT molecular complexity index is 78.1. The summed E-state index contributed by atoms with van der Waals surface area (Å²) in [4.78, 5) is 10.2. The molecular formula is C5H9NO. The van der Waals surface area contributed by atoms with Crippen molar-refractivity contribution in [2.45, 2.75) is 13.3 Å². The first-order valence-electron chi connectivity index (χ1n) is 2.21. The van der Waals surface area contributed by atoms with E-state index >= 15 is 0 Å². The first-order valence-corrected chi connectivity index (χ1v) is 2.21. The Morgan fingerprint density at radius 2 is 2.57 bits per heavy atom. The number of rotatable bonds is 2. The highest BCUT2D eigenvalue weighted by atomic mass is 16.1. The van der Waals surface area contributed by atoms with Gasteiger partial charge in [0.05, 0.1) is 0 Å². The van der Waals surface area contributed by atoms with Crippen LogP contribution in [0, 0.1) is 0 Å². The highest BCUT2D eigenvalue weighted by Gasteiger charge is 1.86. The predicted octanol–water partition coefficient (Wildman–Crippen LogP) is 0.656. The molecule has 0 aromatic rings. The molecule has 1 N–H and O–H groups in total. The van der Waals surface area contributed by atoms with E-state index in [2.05, 4.69) is 11.9 Å². The Kier molecular flexibility index (Phi) is 3.02. The number of hydrogen-bond donors (Lipinski definition) is 1. The Morgan fingerprint density at radius 1 is 2.00 bits per heavy atom. The summed E-state index contributed by atoms with van der Waals surface area (Å²) in [6.07, 6.45) is 1.90. The van der Waals surface area contributed by atoms with Gasteiger partial charge in [0.2, 0.25) is 5.91 Å². The standard InChI is InChI=1S/C5H9NO/c1-3-5(7)6-4-2/h4H,2-3H2,1H3,(H,6,7). The summed E-state index contributed by atoms with van der Waals surface area (Å²) >= 11 is 0. The van der Waals surface area contributed by atoms with Crippen LogP contribution in [0.5, 0.6) is 0 Å². The van der Waals surface area contributed by atoms with Crippen LogP contribution in [0.1, 0.15) is 13.3 Å². The molecule has 0 aliphatic carbocycles. The maximum atomic E-state index is 10.2. The van der Waals surface area contributed by atoms with Crippen LogP contribution in [-0.4, -0.2) is 5.91 Å². The van der Waals surface area contributed by atoms with Gasteiger partial charge in [-0.15, -0.1) is 0 Å². The molecule has 0 aromatic carbocycles. The molecule has 0 atom stereocenters. The van der Waals surface area contributed by atoms with Gasteiger partial charge in [0.15, 0.2) is 0 Å². The second-order valence-corrected chi connectivity index (χ2v) is 1.13. The Labute approximate surface area is 43.2 Å². The summed E-state index contributed by atoms with van der Waals surface area (Å²) in [5.74, 6) is 0.00926. The lowest BCUT2D eigenvalue weighted by Gasteiger charge is -1.89. The second kappa shape index (κ2) is 3.40. The van der Waals surface area contributed by atoms with Gasteiger partial charge in [0, 0.05) is 6.42 Å². The van der Waals surface area contributed by atoms with Gasteiger partial charge in [-0.1, -0.05) is 13.5 Å². The monoisotopic (exact) mass is 99.1 g/mol. The van der Waals surface area contributed by atoms with Crippen molar-refractivity contribution < 1.29 is 4.79 Å². The van der Waals surface area contributed by atoms with Gasteiger partial charge in [-0.2, -0.15) is 0 Å². The van der Waals surface area contributed by atoms with E-state index < -0.39 is 0 Å². The van der Waals surface area contributed by atoms with Crippen molar-refractivity contribution in [3.05, 3.63) is 12.8 Å². The van der Waals surface area contributed by atoms with E-state index in [4.69, 9.17) is 0 Å². The van der Waals surface area contributed by atoms with Crippen LogP contribution in [0.2, 0.25) is 0 Å². The summed E-state index contributed by atoms with van der Waals surface area (Å²) in [5, 5.41) is 2.42. The fourth-order valence-electron chi connectivity index (χ4n) is 0.216. The zero-order valence-corrected chi connectivity index (χ0v) is 4.40. The Hall–Kier alpha value is -0.790. The molecule has 0 rings (SSSR count). The molecular weight excluding hydrogens is 90.1 g/mol. The first-order chi connectivity index (χ1) is 3.31. The van der Waals surface area contributed by atoms with Crippen LogP contribution in [0.15, 0.2) is 12.8 Å². The molecule has 0 fully saturated rings. The topological polar surface area (TPSA) is 29.1 Å². The van der Waals surface area contributed by atoms with E-state index in [1.54, 1.807) is 6.92 Å². The highest BCUT2D eigenvalue weighted by molar-refractivity contribution is 5.76. The van der Waals surface area contributed by atoms with Crippen molar-refractivity contribution in [2.75, 3.05) is 0 Å². The van der Waals surface area contributed by atoms with E-state index in [0.717, 1.165) is 0 Å². The van der Waals surface area contributed by atoms with E-state index in [-0.39, 0.29) is 5.91 Å². The molecule has 2 nitrogen and oxygen atoms in total. The molecule has 40 valence electrons. The number of nitrogens with one attached hydrogen (secondary N) is 1. The molecule has 7 heavy (non-hydrogen) atoms. The van der Waals surface area contributed by atoms with E-state index in [9.17, 15) is 4.79 Å². The lowest BCUT2D eigenvalue weighted by molar-refractivity contribution is -0.119. The van der Waals surface area contributed by atoms with Crippen molar-refractivity contribution in [1.82, 2.24) is 5.32 Å². The van der Waals surface area contributed by atoms with Crippen molar-refractivity contribution in [3.8, 4) is 0 Å². The second-order valence-electron chi connectivity index (χ2n) is 1.13. The van der Waals surface area contributed by atoms with E-state index in [1.807, 2.05) is 0 Å². The minimum Gasteiger partial charge on any atom is -0.333 e. The fraction of sp³-hybridized carbons (Fsp3) is 0.400. The summed E-state index contributed by atoms with van der Waals surface area (Å²) in [6, 6.07) is 0. The third-order valence-electron chi connectivity index (χ3n) is 0.584. The van der Waals surface area contributed by atoms with Crippen molar-refractivity contribution in [2.24, 2.45) is 0 Å². The Morgan fingerprint density at radius 3 is 2.71 bits per heavy atom. The fourth-order valence-corrected chi connectivity index (χ4v) is 0.216. The molecule has 0 spiro atoms. The van der Waals surface area contributed by atoms with Crippen molar-refractivity contribution >= 4 is 5.91 Å². The molecule has 1 amide bonds. The molecule has 2 heteroatoms. The maximum Gasteiger partial charge on any atom is 0.223 e. The average molecular weight is 99.1 g/mol. The summed E-state index contributed by atoms with van der Waals surface area (Å²) in [5.41, 5.74) is 0. The zero-order valence-electron chi connectivity index (χ0n) is 4.40. The molecule has 0 aliphatic rings. The molecule has 0 saturated heterocycles. The highest BCUT2D eigenvalue weighted by Crippen LogP contribution is 1.71. The van der Waals surface area contributed by atoms with Crippen LogP contribution >= 0.6 is 0 Å². The molecule has 0 saturated carbocycles. The van der Waals surface area contributed by atoms with Crippen LogP contribution in [-0.2, 0) is 4.79 Å². The van der Waals surface area contributed by atoms with Crippen molar-refractivity contribution in [3.63, 3.8) is 0 Å². The normalized spacial score (nSPS) is 7.57. The third kappa shape index (κ3) is 3.03. The SMILES string of the molecule is C=CNC(=O)CC. The van der Waals surface area contributed by atoms with E-state index in [1.165, 1.54) is 6.20 Å². The molecule has 0 radical (unpaired) electrons. The van der Waals surface area contributed by atoms with Crippen LogP contribution < -0.4 is 5.32 Å². The van der Waals surface area contributed by atoms with Gasteiger partial charge in [-0.25, -0.2) is 0 Å². The van der Waals surface area contributed by atoms with Gasteiger partial charge in [-0.3, -0.25) is 4.79 Å². The van der Waals surface area contributed by atoms with Gasteiger partial charge in [0.25, 0.3) is 0 Å². The Balaban J connectivity index is 3.17.